The van der Waals surface area contributed by atoms with Gasteiger partial charge in [0.1, 0.15) is 5.82 Å². The van der Waals surface area contributed by atoms with Gasteiger partial charge in [0.25, 0.3) is 0 Å². The number of halogens is 1. The van der Waals surface area contributed by atoms with E-state index in [9.17, 15) is 9.18 Å². The van der Waals surface area contributed by atoms with Crippen LogP contribution in [-0.4, -0.2) is 30.3 Å². The van der Waals surface area contributed by atoms with Crippen LogP contribution in [0.15, 0.2) is 18.2 Å². The number of carboxylic acids is 1. The van der Waals surface area contributed by atoms with E-state index in [4.69, 9.17) is 9.84 Å². The lowest BCUT2D eigenvalue weighted by molar-refractivity contribution is 0.0696. The Morgan fingerprint density at radius 3 is 3.00 bits per heavy atom. The van der Waals surface area contributed by atoms with Gasteiger partial charge in [0.15, 0.2) is 0 Å². The number of carbonyl (C=O) groups is 1. The fourth-order valence-corrected chi connectivity index (χ4v) is 1.82. The van der Waals surface area contributed by atoms with Crippen molar-refractivity contribution in [1.82, 2.24) is 0 Å². The molecule has 1 aromatic rings. The molecule has 1 heterocycles. The molecule has 0 bridgehead atoms. The van der Waals surface area contributed by atoms with Crippen LogP contribution >= 0.6 is 0 Å². The van der Waals surface area contributed by atoms with Gasteiger partial charge in [-0.25, -0.2) is 9.18 Å². The predicted molar refractivity (Wildman–Crippen MR) is 60.8 cm³/mol. The van der Waals surface area contributed by atoms with Crippen LogP contribution in [0.5, 0.6) is 0 Å². The Hall–Kier alpha value is -1.62. The highest BCUT2D eigenvalue weighted by molar-refractivity contribution is 5.88. The van der Waals surface area contributed by atoms with E-state index in [1.54, 1.807) is 0 Å². The van der Waals surface area contributed by atoms with Gasteiger partial charge < -0.3 is 15.2 Å². The Balaban J connectivity index is 1.98. The number of nitrogens with one attached hydrogen (secondary N) is 1. The predicted octanol–water partition coefficient (Wildman–Crippen LogP) is 2.11. The first-order valence-electron chi connectivity index (χ1n) is 5.55. The Morgan fingerprint density at radius 2 is 2.41 bits per heavy atom. The molecule has 1 saturated heterocycles. The van der Waals surface area contributed by atoms with Crippen molar-refractivity contribution in [3.8, 4) is 0 Å². The van der Waals surface area contributed by atoms with Crippen molar-refractivity contribution in [1.29, 1.82) is 0 Å². The normalized spacial score (nSPS) is 19.2. The molecule has 5 heteroatoms. The van der Waals surface area contributed by atoms with Crippen LogP contribution in [0.4, 0.5) is 10.1 Å². The van der Waals surface area contributed by atoms with Gasteiger partial charge in [0.05, 0.1) is 17.4 Å². The van der Waals surface area contributed by atoms with Crippen molar-refractivity contribution in [3.05, 3.63) is 29.6 Å². The number of ether oxygens (including phenoxy) is 1. The minimum atomic E-state index is -1.13. The van der Waals surface area contributed by atoms with E-state index in [0.717, 1.165) is 25.5 Å². The SMILES string of the molecule is O=C(O)c1ccc(NCC2CCCO2)c(F)c1. The second-order valence-corrected chi connectivity index (χ2v) is 4.02. The maximum atomic E-state index is 13.5. The van der Waals surface area contributed by atoms with Crippen molar-refractivity contribution in [3.63, 3.8) is 0 Å². The molecule has 1 fully saturated rings. The molecule has 4 nitrogen and oxygen atoms in total. The number of aromatic carboxylic acids is 1. The summed E-state index contributed by atoms with van der Waals surface area (Å²) < 4.78 is 18.9. The zero-order valence-corrected chi connectivity index (χ0v) is 9.28. The van der Waals surface area contributed by atoms with Gasteiger partial charge in [0.2, 0.25) is 0 Å². The second-order valence-electron chi connectivity index (χ2n) is 4.02. The van der Waals surface area contributed by atoms with Gasteiger partial charge in [-0.2, -0.15) is 0 Å². The van der Waals surface area contributed by atoms with Gasteiger partial charge in [-0.15, -0.1) is 0 Å². The van der Waals surface area contributed by atoms with Gasteiger partial charge in [-0.05, 0) is 31.0 Å². The Labute approximate surface area is 98.4 Å². The number of hydrogen-bond donors (Lipinski definition) is 2. The number of carboxylic acid groups (broad SMARTS) is 1. The molecule has 17 heavy (non-hydrogen) atoms. The summed E-state index contributed by atoms with van der Waals surface area (Å²) in [5.41, 5.74) is 0.260. The first-order valence-corrected chi connectivity index (χ1v) is 5.55. The number of hydrogen-bond acceptors (Lipinski definition) is 3. The van der Waals surface area contributed by atoms with Crippen LogP contribution < -0.4 is 5.32 Å². The summed E-state index contributed by atoms with van der Waals surface area (Å²) in [5.74, 6) is -1.68. The Kier molecular flexibility index (Phi) is 3.58. The molecular formula is C12H14FNO3. The summed E-state index contributed by atoms with van der Waals surface area (Å²) in [6.45, 7) is 1.30. The third kappa shape index (κ3) is 2.94. The van der Waals surface area contributed by atoms with E-state index < -0.39 is 11.8 Å². The van der Waals surface area contributed by atoms with Crippen molar-refractivity contribution in [2.24, 2.45) is 0 Å². The minimum absolute atomic E-state index is 0.0508. The average Bonchev–Trinajstić information content (AvgIpc) is 2.80. The molecule has 0 saturated carbocycles. The van der Waals surface area contributed by atoms with Gasteiger partial charge in [-0.1, -0.05) is 0 Å². The molecule has 0 radical (unpaired) electrons. The van der Waals surface area contributed by atoms with Crippen LogP contribution in [0.1, 0.15) is 23.2 Å². The van der Waals surface area contributed by atoms with Gasteiger partial charge >= 0.3 is 5.97 Å². The standard InChI is InChI=1S/C12H14FNO3/c13-10-6-8(12(15)16)3-4-11(10)14-7-9-2-1-5-17-9/h3-4,6,9,14H,1-2,5,7H2,(H,15,16). The molecule has 0 spiro atoms. The highest BCUT2D eigenvalue weighted by Crippen LogP contribution is 2.18. The first-order chi connectivity index (χ1) is 8.16. The third-order valence-corrected chi connectivity index (χ3v) is 2.76. The molecule has 1 aliphatic heterocycles. The number of benzene rings is 1. The lowest BCUT2D eigenvalue weighted by Crippen LogP contribution is -2.19. The molecule has 0 aromatic heterocycles. The first kappa shape index (κ1) is 11.9. The molecule has 1 unspecified atom stereocenters. The van der Waals surface area contributed by atoms with E-state index >= 15 is 0 Å². The smallest absolute Gasteiger partial charge is 0.335 e. The largest absolute Gasteiger partial charge is 0.478 e. The van der Waals surface area contributed by atoms with E-state index in [1.807, 2.05) is 0 Å². The third-order valence-electron chi connectivity index (χ3n) is 2.76. The molecular weight excluding hydrogens is 225 g/mol. The molecule has 2 N–H and O–H groups in total. The van der Waals surface area contributed by atoms with Crippen molar-refractivity contribution in [2.45, 2.75) is 18.9 Å². The van der Waals surface area contributed by atoms with Crippen LogP contribution in [0, 0.1) is 5.82 Å². The molecule has 1 atom stereocenters. The van der Waals surface area contributed by atoms with Crippen molar-refractivity contribution in [2.75, 3.05) is 18.5 Å². The zero-order chi connectivity index (χ0) is 12.3. The van der Waals surface area contributed by atoms with E-state index in [0.29, 0.717) is 12.2 Å². The van der Waals surface area contributed by atoms with E-state index in [-0.39, 0.29) is 11.7 Å². The average molecular weight is 239 g/mol. The maximum absolute atomic E-state index is 13.5. The molecule has 1 aliphatic rings. The lowest BCUT2D eigenvalue weighted by atomic mass is 10.2. The highest BCUT2D eigenvalue weighted by Gasteiger charge is 2.16. The lowest BCUT2D eigenvalue weighted by Gasteiger charge is -2.12. The fraction of sp³-hybridized carbons (Fsp3) is 0.417. The van der Waals surface area contributed by atoms with Crippen molar-refractivity contribution < 1.29 is 19.0 Å². The summed E-state index contributed by atoms with van der Waals surface area (Å²) >= 11 is 0. The molecule has 92 valence electrons. The van der Waals surface area contributed by atoms with Gasteiger partial charge in [0, 0.05) is 13.2 Å². The summed E-state index contributed by atoms with van der Waals surface area (Å²) in [4.78, 5) is 10.6. The van der Waals surface area contributed by atoms with E-state index in [2.05, 4.69) is 5.32 Å². The minimum Gasteiger partial charge on any atom is -0.478 e. The molecule has 1 aromatic carbocycles. The molecule has 2 rings (SSSR count). The quantitative estimate of drug-likeness (QED) is 0.844. The summed E-state index contributed by atoms with van der Waals surface area (Å²) in [7, 11) is 0. The van der Waals surface area contributed by atoms with E-state index in [1.165, 1.54) is 12.1 Å². The van der Waals surface area contributed by atoms with Crippen LogP contribution in [0.25, 0.3) is 0 Å². The molecule has 0 aliphatic carbocycles. The summed E-state index contributed by atoms with van der Waals surface area (Å²) in [6.07, 6.45) is 2.13. The van der Waals surface area contributed by atoms with Crippen molar-refractivity contribution >= 4 is 11.7 Å². The van der Waals surface area contributed by atoms with Crippen LogP contribution in [-0.2, 0) is 4.74 Å². The number of rotatable bonds is 4. The Morgan fingerprint density at radius 1 is 1.59 bits per heavy atom. The second kappa shape index (κ2) is 5.14. The van der Waals surface area contributed by atoms with Crippen LogP contribution in [0.2, 0.25) is 0 Å². The van der Waals surface area contributed by atoms with Crippen LogP contribution in [0.3, 0.4) is 0 Å². The summed E-state index contributed by atoms with van der Waals surface area (Å²) in [6, 6.07) is 3.83. The fourth-order valence-electron chi connectivity index (χ4n) is 1.82. The van der Waals surface area contributed by atoms with Gasteiger partial charge in [-0.3, -0.25) is 0 Å². The summed E-state index contributed by atoms with van der Waals surface area (Å²) in [5, 5.41) is 11.6. The topological polar surface area (TPSA) is 58.6 Å². The number of anilines is 1. The molecule has 0 amide bonds. The zero-order valence-electron chi connectivity index (χ0n) is 9.28. The monoisotopic (exact) mass is 239 g/mol. The maximum Gasteiger partial charge on any atom is 0.335 e. The highest BCUT2D eigenvalue weighted by atomic mass is 19.1. The Bertz CT molecular complexity index is 416.